The lowest BCUT2D eigenvalue weighted by atomic mass is 10.1. The molecule has 0 atom stereocenters. The molecule has 0 amide bonds. The fraction of sp³-hybridized carbons (Fsp3) is 0.200. The number of para-hydroxylation sites is 1. The van der Waals surface area contributed by atoms with E-state index in [9.17, 15) is 4.91 Å². The van der Waals surface area contributed by atoms with Crippen LogP contribution in [0.1, 0.15) is 12.0 Å². The lowest BCUT2D eigenvalue weighted by Crippen LogP contribution is -2.20. The van der Waals surface area contributed by atoms with Crippen molar-refractivity contribution in [2.75, 3.05) is 6.54 Å². The van der Waals surface area contributed by atoms with Crippen molar-refractivity contribution in [3.8, 4) is 5.75 Å². The summed E-state index contributed by atoms with van der Waals surface area (Å²) in [5.74, 6) is 0.456. The highest BCUT2D eigenvalue weighted by molar-refractivity contribution is 5.50. The Kier molecular flexibility index (Phi) is 5.07. The number of hydrogen-bond donors (Lipinski definition) is 1. The standard InChI is InChI=1S/C15H16N2O2/c18-17-14-10-4-5-11-15(14)19-16-12-6-9-13-7-2-1-3-8-13/h1-5,7-8,10-11,16H,6,9,12H2. The second-order valence-corrected chi connectivity index (χ2v) is 4.14. The number of hydrogen-bond acceptors (Lipinski definition) is 4. The smallest absolute Gasteiger partial charge is 0.176 e. The van der Waals surface area contributed by atoms with Gasteiger partial charge in [-0.15, -0.1) is 4.91 Å². The molecule has 0 aliphatic rings. The van der Waals surface area contributed by atoms with Gasteiger partial charge in [-0.2, -0.15) is 5.48 Å². The molecular weight excluding hydrogens is 240 g/mol. The molecule has 2 aromatic carbocycles. The van der Waals surface area contributed by atoms with E-state index in [1.165, 1.54) is 5.56 Å². The molecule has 0 aromatic heterocycles. The molecule has 4 heteroatoms. The predicted octanol–water partition coefficient (Wildman–Crippen LogP) is 3.60. The van der Waals surface area contributed by atoms with E-state index in [0.717, 1.165) is 12.8 Å². The Hall–Kier alpha value is -2.20. The summed E-state index contributed by atoms with van der Waals surface area (Å²) in [6, 6.07) is 17.2. The third-order valence-electron chi connectivity index (χ3n) is 2.73. The second-order valence-electron chi connectivity index (χ2n) is 4.14. The van der Waals surface area contributed by atoms with E-state index in [1.807, 2.05) is 18.2 Å². The maximum Gasteiger partial charge on any atom is 0.176 e. The second kappa shape index (κ2) is 7.28. The van der Waals surface area contributed by atoms with Gasteiger partial charge >= 0.3 is 0 Å². The van der Waals surface area contributed by atoms with Crippen LogP contribution in [0.4, 0.5) is 5.69 Å². The Morgan fingerprint density at radius 2 is 1.74 bits per heavy atom. The highest BCUT2D eigenvalue weighted by atomic mass is 16.6. The minimum atomic E-state index is 0.304. The van der Waals surface area contributed by atoms with Crippen molar-refractivity contribution in [2.24, 2.45) is 5.18 Å². The molecule has 0 heterocycles. The molecule has 2 rings (SSSR count). The summed E-state index contributed by atoms with van der Waals surface area (Å²) in [6.45, 7) is 0.710. The molecule has 4 nitrogen and oxygen atoms in total. The van der Waals surface area contributed by atoms with Gasteiger partial charge in [-0.3, -0.25) is 0 Å². The molecule has 0 bridgehead atoms. The van der Waals surface area contributed by atoms with Crippen molar-refractivity contribution in [3.63, 3.8) is 0 Å². The van der Waals surface area contributed by atoms with E-state index in [2.05, 4.69) is 22.8 Å². The quantitative estimate of drug-likeness (QED) is 0.468. The summed E-state index contributed by atoms with van der Waals surface area (Å²) in [5.41, 5.74) is 4.46. The number of rotatable bonds is 7. The first-order chi connectivity index (χ1) is 9.40. The average molecular weight is 256 g/mol. The first-order valence-corrected chi connectivity index (χ1v) is 6.26. The molecule has 1 N–H and O–H groups in total. The third-order valence-corrected chi connectivity index (χ3v) is 2.73. The van der Waals surface area contributed by atoms with E-state index in [-0.39, 0.29) is 0 Å². The number of nitrogens with one attached hydrogen (secondary N) is 1. The van der Waals surface area contributed by atoms with Crippen LogP contribution in [0.3, 0.4) is 0 Å². The van der Waals surface area contributed by atoms with Crippen molar-refractivity contribution < 1.29 is 4.84 Å². The lowest BCUT2D eigenvalue weighted by molar-refractivity contribution is 0.195. The van der Waals surface area contributed by atoms with Crippen LogP contribution >= 0.6 is 0 Å². The Morgan fingerprint density at radius 1 is 1.00 bits per heavy atom. The zero-order chi connectivity index (χ0) is 13.3. The van der Waals surface area contributed by atoms with E-state index >= 15 is 0 Å². The lowest BCUT2D eigenvalue weighted by Gasteiger charge is -2.08. The number of nitrogens with zero attached hydrogens (tertiary/aromatic N) is 1. The van der Waals surface area contributed by atoms with Crippen molar-refractivity contribution in [2.45, 2.75) is 12.8 Å². The summed E-state index contributed by atoms with van der Waals surface area (Å²) in [4.78, 5) is 15.9. The molecule has 0 aliphatic carbocycles. The van der Waals surface area contributed by atoms with Gasteiger partial charge in [-0.1, -0.05) is 42.5 Å². The Labute approximate surface area is 112 Å². The highest BCUT2D eigenvalue weighted by Gasteiger charge is 2.02. The van der Waals surface area contributed by atoms with E-state index in [1.54, 1.807) is 24.3 Å². The highest BCUT2D eigenvalue weighted by Crippen LogP contribution is 2.25. The average Bonchev–Trinajstić information content (AvgIpc) is 2.48. The van der Waals surface area contributed by atoms with Crippen molar-refractivity contribution in [3.05, 3.63) is 65.1 Å². The van der Waals surface area contributed by atoms with E-state index in [0.29, 0.717) is 18.0 Å². The normalized spacial score (nSPS) is 10.1. The van der Waals surface area contributed by atoms with E-state index < -0.39 is 0 Å². The van der Waals surface area contributed by atoms with Gasteiger partial charge in [0.05, 0.1) is 0 Å². The molecule has 0 fully saturated rings. The molecule has 19 heavy (non-hydrogen) atoms. The van der Waals surface area contributed by atoms with Crippen LogP contribution in [0, 0.1) is 4.91 Å². The topological polar surface area (TPSA) is 50.7 Å². The zero-order valence-corrected chi connectivity index (χ0v) is 10.6. The monoisotopic (exact) mass is 256 g/mol. The summed E-state index contributed by atoms with van der Waals surface area (Å²) in [6.07, 6.45) is 1.95. The summed E-state index contributed by atoms with van der Waals surface area (Å²) in [7, 11) is 0. The molecule has 0 unspecified atom stereocenters. The van der Waals surface area contributed by atoms with Crippen LogP contribution in [-0.4, -0.2) is 6.54 Å². The summed E-state index contributed by atoms with van der Waals surface area (Å²) >= 11 is 0. The third kappa shape index (κ3) is 4.19. The number of hydroxylamine groups is 1. The largest absolute Gasteiger partial charge is 0.406 e. The maximum atomic E-state index is 10.5. The minimum Gasteiger partial charge on any atom is -0.406 e. The van der Waals surface area contributed by atoms with Gasteiger partial charge in [0, 0.05) is 6.54 Å². The fourth-order valence-electron chi connectivity index (χ4n) is 1.76. The maximum absolute atomic E-state index is 10.5. The van der Waals surface area contributed by atoms with Crippen LogP contribution in [0.15, 0.2) is 59.8 Å². The first-order valence-electron chi connectivity index (χ1n) is 6.26. The van der Waals surface area contributed by atoms with Gasteiger partial charge in [0.15, 0.2) is 11.4 Å². The van der Waals surface area contributed by atoms with Crippen molar-refractivity contribution in [1.29, 1.82) is 0 Å². The summed E-state index contributed by atoms with van der Waals surface area (Å²) in [5, 5.41) is 2.90. The number of nitroso groups, excluding NO2 is 1. The van der Waals surface area contributed by atoms with Crippen LogP contribution in [0.2, 0.25) is 0 Å². The molecule has 0 aliphatic heterocycles. The van der Waals surface area contributed by atoms with Gasteiger partial charge in [-0.05, 0) is 35.7 Å². The molecule has 0 saturated carbocycles. The van der Waals surface area contributed by atoms with Gasteiger partial charge < -0.3 is 4.84 Å². The Bertz CT molecular complexity index is 515. The Balaban J connectivity index is 1.71. The SMILES string of the molecule is O=Nc1ccccc1ONCCCc1ccccc1. The molecule has 98 valence electrons. The van der Waals surface area contributed by atoms with Crippen molar-refractivity contribution in [1.82, 2.24) is 5.48 Å². The van der Waals surface area contributed by atoms with Gasteiger partial charge in [0.2, 0.25) is 0 Å². The van der Waals surface area contributed by atoms with Gasteiger partial charge in [0.25, 0.3) is 0 Å². The molecule has 0 saturated heterocycles. The summed E-state index contributed by atoms with van der Waals surface area (Å²) < 4.78 is 0. The van der Waals surface area contributed by atoms with E-state index in [4.69, 9.17) is 4.84 Å². The molecule has 2 aromatic rings. The fourth-order valence-corrected chi connectivity index (χ4v) is 1.76. The van der Waals surface area contributed by atoms with Gasteiger partial charge in [-0.25, -0.2) is 0 Å². The molecule has 0 spiro atoms. The first kappa shape index (κ1) is 13.2. The molecular formula is C15H16N2O2. The van der Waals surface area contributed by atoms with Crippen LogP contribution in [0.25, 0.3) is 0 Å². The number of aryl methyl sites for hydroxylation is 1. The zero-order valence-electron chi connectivity index (χ0n) is 10.6. The van der Waals surface area contributed by atoms with Crippen LogP contribution in [0.5, 0.6) is 5.75 Å². The van der Waals surface area contributed by atoms with Crippen molar-refractivity contribution >= 4 is 5.69 Å². The predicted molar refractivity (Wildman–Crippen MR) is 75.3 cm³/mol. The Morgan fingerprint density at radius 3 is 2.53 bits per heavy atom. The number of benzene rings is 2. The molecule has 0 radical (unpaired) electrons. The van der Waals surface area contributed by atoms with Crippen LogP contribution < -0.4 is 10.3 Å². The minimum absolute atomic E-state index is 0.304. The van der Waals surface area contributed by atoms with Crippen LogP contribution in [-0.2, 0) is 6.42 Å². The van der Waals surface area contributed by atoms with Gasteiger partial charge in [0.1, 0.15) is 0 Å².